The molecule has 5 heteroatoms. The van der Waals surface area contributed by atoms with E-state index in [1.54, 1.807) is 5.38 Å². The van der Waals surface area contributed by atoms with Crippen LogP contribution in [0.1, 0.15) is 47.6 Å². The Bertz CT molecular complexity index is 359. The molecule has 0 spiro atoms. The smallest absolute Gasteiger partial charge is 0.355 e. The predicted octanol–water partition coefficient (Wildman–Crippen LogP) is 2.26. The van der Waals surface area contributed by atoms with Gasteiger partial charge in [-0.2, -0.15) is 0 Å². The summed E-state index contributed by atoms with van der Waals surface area (Å²) in [7, 11) is 0. The molecule has 0 bridgehead atoms. The highest BCUT2D eigenvalue weighted by Gasteiger charge is 2.14. The molecule has 0 unspecified atom stereocenters. The average molecular weight is 240 g/mol. The van der Waals surface area contributed by atoms with Crippen LogP contribution >= 0.6 is 11.3 Å². The second kappa shape index (κ2) is 5.41. The molecule has 1 heterocycles. The normalized spacial score (nSPS) is 17.5. The SMILES string of the molecule is O=C(O)c1csc(CNC2CCCCC2)n1. The van der Waals surface area contributed by atoms with Crippen molar-refractivity contribution in [3.05, 3.63) is 16.1 Å². The first-order valence-corrected chi connectivity index (χ1v) is 6.55. The number of thiazole rings is 1. The van der Waals surface area contributed by atoms with Crippen molar-refractivity contribution < 1.29 is 9.90 Å². The zero-order chi connectivity index (χ0) is 11.4. The van der Waals surface area contributed by atoms with Gasteiger partial charge in [0.15, 0.2) is 5.69 Å². The van der Waals surface area contributed by atoms with Gasteiger partial charge in [0.25, 0.3) is 0 Å². The molecular weight excluding hydrogens is 224 g/mol. The monoisotopic (exact) mass is 240 g/mol. The third kappa shape index (κ3) is 3.02. The van der Waals surface area contributed by atoms with Crippen LogP contribution < -0.4 is 5.32 Å². The highest BCUT2D eigenvalue weighted by molar-refractivity contribution is 7.09. The van der Waals surface area contributed by atoms with Crippen LogP contribution in [0.3, 0.4) is 0 Å². The van der Waals surface area contributed by atoms with E-state index in [-0.39, 0.29) is 5.69 Å². The molecule has 16 heavy (non-hydrogen) atoms. The van der Waals surface area contributed by atoms with E-state index < -0.39 is 5.97 Å². The molecule has 1 saturated carbocycles. The van der Waals surface area contributed by atoms with Crippen LogP contribution in [0.15, 0.2) is 5.38 Å². The molecule has 0 aliphatic heterocycles. The van der Waals surface area contributed by atoms with Gasteiger partial charge in [-0.1, -0.05) is 19.3 Å². The largest absolute Gasteiger partial charge is 0.476 e. The number of carboxylic acids is 1. The van der Waals surface area contributed by atoms with Crippen molar-refractivity contribution in [1.29, 1.82) is 0 Å². The van der Waals surface area contributed by atoms with Gasteiger partial charge in [0, 0.05) is 18.0 Å². The molecule has 0 radical (unpaired) electrons. The van der Waals surface area contributed by atoms with Crippen LogP contribution in [0.25, 0.3) is 0 Å². The van der Waals surface area contributed by atoms with Crippen molar-refractivity contribution in [3.63, 3.8) is 0 Å². The summed E-state index contributed by atoms with van der Waals surface area (Å²) in [6.45, 7) is 0.697. The Morgan fingerprint density at radius 3 is 2.88 bits per heavy atom. The summed E-state index contributed by atoms with van der Waals surface area (Å²) in [5, 5.41) is 14.6. The maximum absolute atomic E-state index is 10.6. The fraction of sp³-hybridized carbons (Fsp3) is 0.636. The first kappa shape index (κ1) is 11.5. The van der Waals surface area contributed by atoms with E-state index >= 15 is 0 Å². The lowest BCUT2D eigenvalue weighted by atomic mass is 9.96. The van der Waals surface area contributed by atoms with Gasteiger partial charge in [-0.05, 0) is 12.8 Å². The Morgan fingerprint density at radius 2 is 2.25 bits per heavy atom. The van der Waals surface area contributed by atoms with Gasteiger partial charge in [-0.15, -0.1) is 11.3 Å². The maximum Gasteiger partial charge on any atom is 0.355 e. The minimum atomic E-state index is -0.944. The lowest BCUT2D eigenvalue weighted by molar-refractivity contribution is 0.0691. The number of aromatic carboxylic acids is 1. The number of aromatic nitrogens is 1. The number of carbonyl (C=O) groups is 1. The molecule has 0 atom stereocenters. The molecule has 2 N–H and O–H groups in total. The minimum absolute atomic E-state index is 0.158. The van der Waals surface area contributed by atoms with Gasteiger partial charge in [0.2, 0.25) is 0 Å². The Balaban J connectivity index is 1.81. The van der Waals surface area contributed by atoms with Crippen molar-refractivity contribution in [2.75, 3.05) is 0 Å². The van der Waals surface area contributed by atoms with Crippen LogP contribution in [-0.2, 0) is 6.54 Å². The second-order valence-electron chi connectivity index (χ2n) is 4.15. The van der Waals surface area contributed by atoms with E-state index in [1.165, 1.54) is 43.4 Å². The number of hydrogen-bond acceptors (Lipinski definition) is 4. The summed E-state index contributed by atoms with van der Waals surface area (Å²) in [6.07, 6.45) is 6.42. The van der Waals surface area contributed by atoms with E-state index in [0.717, 1.165) is 5.01 Å². The van der Waals surface area contributed by atoms with E-state index in [2.05, 4.69) is 10.3 Å². The zero-order valence-corrected chi connectivity index (χ0v) is 9.92. The molecule has 0 saturated heterocycles. The van der Waals surface area contributed by atoms with Crippen LogP contribution in [0.4, 0.5) is 0 Å². The van der Waals surface area contributed by atoms with Gasteiger partial charge >= 0.3 is 5.97 Å². The van der Waals surface area contributed by atoms with Crippen LogP contribution in [-0.4, -0.2) is 22.1 Å². The lowest BCUT2D eigenvalue weighted by Crippen LogP contribution is -2.30. The summed E-state index contributed by atoms with van der Waals surface area (Å²) in [5.74, 6) is -0.944. The number of carboxylic acid groups (broad SMARTS) is 1. The summed E-state index contributed by atoms with van der Waals surface area (Å²) in [6, 6.07) is 0.589. The molecule has 4 nitrogen and oxygen atoms in total. The quantitative estimate of drug-likeness (QED) is 0.847. The molecule has 1 aromatic heterocycles. The molecular formula is C11H16N2O2S. The number of nitrogens with zero attached hydrogens (tertiary/aromatic N) is 1. The van der Waals surface area contributed by atoms with Gasteiger partial charge < -0.3 is 10.4 Å². The summed E-state index contributed by atoms with van der Waals surface area (Å²) in [5.41, 5.74) is 0.158. The Kier molecular flexibility index (Phi) is 3.90. The van der Waals surface area contributed by atoms with Gasteiger partial charge in [-0.25, -0.2) is 9.78 Å². The molecule has 88 valence electrons. The number of hydrogen-bond donors (Lipinski definition) is 2. The fourth-order valence-corrected chi connectivity index (χ4v) is 2.75. The van der Waals surface area contributed by atoms with Gasteiger partial charge in [0.1, 0.15) is 5.01 Å². The predicted molar refractivity (Wildman–Crippen MR) is 62.8 cm³/mol. The fourth-order valence-electron chi connectivity index (χ4n) is 2.03. The molecule has 0 aromatic carbocycles. The Hall–Kier alpha value is -0.940. The van der Waals surface area contributed by atoms with Crippen LogP contribution in [0.5, 0.6) is 0 Å². The molecule has 0 amide bonds. The first-order chi connectivity index (χ1) is 7.75. The average Bonchev–Trinajstić information content (AvgIpc) is 2.76. The second-order valence-corrected chi connectivity index (χ2v) is 5.09. The summed E-state index contributed by atoms with van der Waals surface area (Å²) >= 11 is 1.41. The molecule has 2 rings (SSSR count). The zero-order valence-electron chi connectivity index (χ0n) is 9.11. The van der Waals surface area contributed by atoms with Crippen LogP contribution in [0, 0.1) is 0 Å². The molecule has 1 aromatic rings. The van der Waals surface area contributed by atoms with Gasteiger partial charge in [0.05, 0.1) is 0 Å². The highest BCUT2D eigenvalue weighted by Crippen LogP contribution is 2.18. The van der Waals surface area contributed by atoms with E-state index in [9.17, 15) is 4.79 Å². The number of rotatable bonds is 4. The minimum Gasteiger partial charge on any atom is -0.476 e. The summed E-state index contributed by atoms with van der Waals surface area (Å²) < 4.78 is 0. The van der Waals surface area contributed by atoms with Crippen molar-refractivity contribution in [2.24, 2.45) is 0 Å². The van der Waals surface area contributed by atoms with Crippen molar-refractivity contribution in [1.82, 2.24) is 10.3 Å². The molecule has 1 aliphatic rings. The lowest BCUT2D eigenvalue weighted by Gasteiger charge is -2.22. The van der Waals surface area contributed by atoms with E-state index in [1.807, 2.05) is 0 Å². The first-order valence-electron chi connectivity index (χ1n) is 5.67. The van der Waals surface area contributed by atoms with E-state index in [4.69, 9.17) is 5.11 Å². The Morgan fingerprint density at radius 1 is 1.50 bits per heavy atom. The third-order valence-corrected chi connectivity index (χ3v) is 3.77. The standard InChI is InChI=1S/C11H16N2O2S/c14-11(15)9-7-16-10(13-9)6-12-8-4-2-1-3-5-8/h7-8,12H,1-6H2,(H,14,15). The maximum atomic E-state index is 10.6. The highest BCUT2D eigenvalue weighted by atomic mass is 32.1. The van der Waals surface area contributed by atoms with Crippen molar-refractivity contribution >= 4 is 17.3 Å². The van der Waals surface area contributed by atoms with E-state index in [0.29, 0.717) is 12.6 Å². The van der Waals surface area contributed by atoms with Crippen molar-refractivity contribution in [2.45, 2.75) is 44.7 Å². The Labute approximate surface area is 98.7 Å². The van der Waals surface area contributed by atoms with Crippen molar-refractivity contribution in [3.8, 4) is 0 Å². The van der Waals surface area contributed by atoms with Gasteiger partial charge in [-0.3, -0.25) is 0 Å². The topological polar surface area (TPSA) is 62.2 Å². The van der Waals surface area contributed by atoms with Crippen LogP contribution in [0.2, 0.25) is 0 Å². The molecule has 1 fully saturated rings. The number of nitrogens with one attached hydrogen (secondary N) is 1. The summed E-state index contributed by atoms with van der Waals surface area (Å²) in [4.78, 5) is 14.7. The molecule has 1 aliphatic carbocycles. The third-order valence-electron chi connectivity index (χ3n) is 2.92.